The van der Waals surface area contributed by atoms with E-state index in [1.165, 1.54) is 6.07 Å². The second kappa shape index (κ2) is 5.00. The number of aryl methyl sites for hydroxylation is 1. The third kappa shape index (κ3) is 2.59. The number of hydrogen-bond donors (Lipinski definition) is 2. The minimum absolute atomic E-state index is 0.211. The van der Waals surface area contributed by atoms with Crippen molar-refractivity contribution in [3.05, 3.63) is 59.1 Å². The van der Waals surface area contributed by atoms with Gasteiger partial charge in [0.1, 0.15) is 0 Å². The van der Waals surface area contributed by atoms with Crippen LogP contribution < -0.4 is 10.9 Å². The molecule has 0 spiro atoms. The van der Waals surface area contributed by atoms with Gasteiger partial charge in [0.05, 0.1) is 11.9 Å². The highest BCUT2D eigenvalue weighted by molar-refractivity contribution is 5.60. The summed E-state index contributed by atoms with van der Waals surface area (Å²) in [5.41, 5.74) is 2.03. The highest BCUT2D eigenvalue weighted by atomic mass is 16.1. The molecule has 2 N–H and O–H groups in total. The van der Waals surface area contributed by atoms with Gasteiger partial charge in [-0.05, 0) is 12.1 Å². The van der Waals surface area contributed by atoms with Gasteiger partial charge in [0, 0.05) is 30.6 Å². The summed E-state index contributed by atoms with van der Waals surface area (Å²) in [5.74, 6) is 0.405. The summed E-state index contributed by atoms with van der Waals surface area (Å²) in [4.78, 5) is 18.8. The first-order valence-corrected chi connectivity index (χ1v) is 6.13. The minimum Gasteiger partial charge on any atom is -0.326 e. The van der Waals surface area contributed by atoms with Gasteiger partial charge in [-0.25, -0.2) is 4.98 Å². The van der Waals surface area contributed by atoms with Crippen LogP contribution in [-0.2, 0) is 7.05 Å². The summed E-state index contributed by atoms with van der Waals surface area (Å²) in [7, 11) is 1.82. The van der Waals surface area contributed by atoms with E-state index in [0.717, 1.165) is 11.3 Å². The van der Waals surface area contributed by atoms with E-state index in [0.29, 0.717) is 11.6 Å². The van der Waals surface area contributed by atoms with Crippen molar-refractivity contribution in [2.45, 2.75) is 0 Å². The van der Waals surface area contributed by atoms with Crippen LogP contribution in [0.1, 0.15) is 0 Å². The average Bonchev–Trinajstić information content (AvgIpc) is 2.86. The van der Waals surface area contributed by atoms with Crippen molar-refractivity contribution in [1.29, 1.82) is 0 Å². The van der Waals surface area contributed by atoms with Crippen molar-refractivity contribution in [3.8, 4) is 11.3 Å². The number of hydrogen-bond acceptors (Lipinski definition) is 4. The summed E-state index contributed by atoms with van der Waals surface area (Å²) in [6, 6.07) is 11.0. The molecule has 0 saturated heterocycles. The second-order valence-corrected chi connectivity index (χ2v) is 4.37. The number of benzene rings is 1. The lowest BCUT2D eigenvalue weighted by molar-refractivity contribution is 0.768. The molecular weight excluding hydrogens is 254 g/mol. The van der Waals surface area contributed by atoms with Crippen LogP contribution in [0.3, 0.4) is 0 Å². The lowest BCUT2D eigenvalue weighted by atomic mass is 10.2. The molecule has 3 aromatic rings. The number of aromatic nitrogens is 4. The summed E-state index contributed by atoms with van der Waals surface area (Å²) < 4.78 is 1.67. The molecule has 0 aliphatic rings. The molecule has 6 nitrogen and oxygen atoms in total. The van der Waals surface area contributed by atoms with Crippen molar-refractivity contribution in [2.24, 2.45) is 7.05 Å². The number of aromatic amines is 1. The van der Waals surface area contributed by atoms with Gasteiger partial charge in [-0.1, -0.05) is 18.2 Å². The molecule has 0 saturated carbocycles. The Hall–Kier alpha value is -2.89. The average molecular weight is 267 g/mol. The second-order valence-electron chi connectivity index (χ2n) is 4.37. The first-order chi connectivity index (χ1) is 9.70. The van der Waals surface area contributed by atoms with Gasteiger partial charge >= 0.3 is 0 Å². The predicted molar refractivity (Wildman–Crippen MR) is 76.8 cm³/mol. The van der Waals surface area contributed by atoms with Crippen molar-refractivity contribution in [3.63, 3.8) is 0 Å². The molecule has 2 aromatic heterocycles. The van der Waals surface area contributed by atoms with Gasteiger partial charge in [0.25, 0.3) is 5.56 Å². The third-order valence-electron chi connectivity index (χ3n) is 2.78. The summed E-state index contributed by atoms with van der Waals surface area (Å²) in [5, 5.41) is 7.15. The Balaban J connectivity index is 1.97. The zero-order valence-corrected chi connectivity index (χ0v) is 10.9. The van der Waals surface area contributed by atoms with Crippen molar-refractivity contribution in [1.82, 2.24) is 19.7 Å². The normalized spacial score (nSPS) is 10.4. The van der Waals surface area contributed by atoms with Crippen LogP contribution in [-0.4, -0.2) is 19.7 Å². The predicted octanol–water partition coefficient (Wildman–Crippen LogP) is 1.91. The Morgan fingerprint density at radius 1 is 1.25 bits per heavy atom. The molecule has 0 aliphatic carbocycles. The topological polar surface area (TPSA) is 75.6 Å². The summed E-state index contributed by atoms with van der Waals surface area (Å²) in [6.07, 6.45) is 3.49. The molecule has 0 bridgehead atoms. The minimum atomic E-state index is -0.211. The fourth-order valence-electron chi connectivity index (χ4n) is 1.88. The van der Waals surface area contributed by atoms with E-state index < -0.39 is 0 Å². The van der Waals surface area contributed by atoms with Gasteiger partial charge in [-0.15, -0.1) is 0 Å². The van der Waals surface area contributed by atoms with Crippen LogP contribution in [0, 0.1) is 0 Å². The highest BCUT2D eigenvalue weighted by Gasteiger charge is 2.06. The lowest BCUT2D eigenvalue weighted by Crippen LogP contribution is -2.10. The van der Waals surface area contributed by atoms with E-state index in [9.17, 15) is 4.79 Å². The first-order valence-electron chi connectivity index (χ1n) is 6.13. The van der Waals surface area contributed by atoms with Gasteiger partial charge in [0.2, 0.25) is 5.95 Å². The standard InChI is InChI=1S/C14H13N5O/c1-19-9-10(8-15-19)12-7-13(20)18-14(17-12)16-11-5-3-2-4-6-11/h2-9H,1H3,(H2,16,17,18,20). The van der Waals surface area contributed by atoms with Gasteiger partial charge in [-0.3, -0.25) is 14.5 Å². The Kier molecular flexibility index (Phi) is 3.04. The van der Waals surface area contributed by atoms with Crippen LogP contribution in [0.4, 0.5) is 11.6 Å². The van der Waals surface area contributed by atoms with E-state index in [2.05, 4.69) is 20.4 Å². The smallest absolute Gasteiger partial charge is 0.252 e. The number of anilines is 2. The number of nitrogens with one attached hydrogen (secondary N) is 2. The SMILES string of the molecule is Cn1cc(-c2cc(=O)[nH]c(Nc3ccccc3)n2)cn1. The number of rotatable bonds is 3. The van der Waals surface area contributed by atoms with Crippen LogP contribution in [0.5, 0.6) is 0 Å². The molecule has 0 radical (unpaired) electrons. The number of nitrogens with zero attached hydrogens (tertiary/aromatic N) is 3. The molecule has 3 rings (SSSR count). The Labute approximate surface area is 115 Å². The maximum Gasteiger partial charge on any atom is 0.252 e. The summed E-state index contributed by atoms with van der Waals surface area (Å²) >= 11 is 0. The molecule has 2 heterocycles. The van der Waals surface area contributed by atoms with Crippen LogP contribution in [0.25, 0.3) is 11.3 Å². The fraction of sp³-hybridized carbons (Fsp3) is 0.0714. The van der Waals surface area contributed by atoms with E-state index in [-0.39, 0.29) is 5.56 Å². The van der Waals surface area contributed by atoms with Crippen molar-refractivity contribution in [2.75, 3.05) is 5.32 Å². The molecule has 0 fully saturated rings. The Bertz CT molecular complexity index is 776. The van der Waals surface area contributed by atoms with E-state index in [4.69, 9.17) is 0 Å². The first kappa shape index (κ1) is 12.2. The van der Waals surface area contributed by atoms with Crippen molar-refractivity contribution >= 4 is 11.6 Å². The van der Waals surface area contributed by atoms with E-state index in [1.54, 1.807) is 10.9 Å². The molecule has 20 heavy (non-hydrogen) atoms. The lowest BCUT2D eigenvalue weighted by Gasteiger charge is -2.06. The van der Waals surface area contributed by atoms with Gasteiger partial charge in [-0.2, -0.15) is 5.10 Å². The van der Waals surface area contributed by atoms with E-state index >= 15 is 0 Å². The van der Waals surface area contributed by atoms with Crippen molar-refractivity contribution < 1.29 is 0 Å². The van der Waals surface area contributed by atoms with Crippen LogP contribution in [0.2, 0.25) is 0 Å². The fourth-order valence-corrected chi connectivity index (χ4v) is 1.88. The molecule has 0 aliphatic heterocycles. The molecule has 0 atom stereocenters. The summed E-state index contributed by atoms with van der Waals surface area (Å²) in [6.45, 7) is 0. The monoisotopic (exact) mass is 267 g/mol. The van der Waals surface area contributed by atoms with E-state index in [1.807, 2.05) is 43.6 Å². The van der Waals surface area contributed by atoms with Crippen LogP contribution >= 0.6 is 0 Å². The highest BCUT2D eigenvalue weighted by Crippen LogP contribution is 2.17. The van der Waals surface area contributed by atoms with Gasteiger partial charge in [0.15, 0.2) is 0 Å². The largest absolute Gasteiger partial charge is 0.326 e. The third-order valence-corrected chi connectivity index (χ3v) is 2.78. The number of para-hydroxylation sites is 1. The maximum absolute atomic E-state index is 11.7. The maximum atomic E-state index is 11.7. The molecule has 0 amide bonds. The zero-order valence-electron chi connectivity index (χ0n) is 10.9. The molecule has 6 heteroatoms. The quantitative estimate of drug-likeness (QED) is 0.760. The molecule has 100 valence electrons. The van der Waals surface area contributed by atoms with Crippen LogP contribution in [0.15, 0.2) is 53.6 Å². The Morgan fingerprint density at radius 3 is 2.75 bits per heavy atom. The van der Waals surface area contributed by atoms with Gasteiger partial charge < -0.3 is 5.32 Å². The zero-order chi connectivity index (χ0) is 13.9. The molecule has 1 aromatic carbocycles. The Morgan fingerprint density at radius 2 is 2.05 bits per heavy atom. The number of H-pyrrole nitrogens is 1. The molecule has 0 unspecified atom stereocenters. The molecular formula is C14H13N5O.